The van der Waals surface area contributed by atoms with E-state index >= 15 is 0 Å². The highest BCUT2D eigenvalue weighted by Gasteiger charge is 2.25. The molecule has 0 saturated carbocycles. The Kier molecular flexibility index (Phi) is 5.20. The van der Waals surface area contributed by atoms with Crippen LogP contribution in [0.4, 0.5) is 8.78 Å². The number of hydrogen-bond donors (Lipinski definition) is 1. The molecule has 1 heterocycles. The first-order valence-corrected chi connectivity index (χ1v) is 8.18. The van der Waals surface area contributed by atoms with Crippen LogP contribution in [0.15, 0.2) is 48.5 Å². The third kappa shape index (κ3) is 3.62. The maximum absolute atomic E-state index is 13.7. The molecule has 1 saturated heterocycles. The molecular formula is C19H20F2N2O. The van der Waals surface area contributed by atoms with Crippen molar-refractivity contribution < 1.29 is 13.6 Å². The smallest absolute Gasteiger partial charge is 0.257 e. The first kappa shape index (κ1) is 16.6. The van der Waals surface area contributed by atoms with Gasteiger partial charge in [0.1, 0.15) is 17.2 Å². The Morgan fingerprint density at radius 2 is 1.62 bits per heavy atom. The van der Waals surface area contributed by atoms with E-state index in [1.165, 1.54) is 6.07 Å². The average Bonchev–Trinajstić information content (AvgIpc) is 3.10. The highest BCUT2D eigenvalue weighted by Crippen LogP contribution is 2.24. The fourth-order valence-corrected chi connectivity index (χ4v) is 3.18. The average molecular weight is 330 g/mol. The topological polar surface area (TPSA) is 32.3 Å². The molecule has 1 amide bonds. The first-order valence-electron chi connectivity index (χ1n) is 8.18. The van der Waals surface area contributed by atoms with Crippen molar-refractivity contribution in [3.63, 3.8) is 0 Å². The zero-order valence-electron chi connectivity index (χ0n) is 13.3. The predicted octanol–water partition coefficient (Wildman–Crippen LogP) is 3.53. The lowest BCUT2D eigenvalue weighted by Crippen LogP contribution is -2.37. The van der Waals surface area contributed by atoms with Gasteiger partial charge < -0.3 is 5.32 Å². The monoisotopic (exact) mass is 330 g/mol. The summed E-state index contributed by atoms with van der Waals surface area (Å²) in [4.78, 5) is 14.5. The van der Waals surface area contributed by atoms with E-state index < -0.39 is 23.1 Å². The van der Waals surface area contributed by atoms with Gasteiger partial charge in [0.25, 0.3) is 5.91 Å². The largest absolute Gasteiger partial charge is 0.350 e. The van der Waals surface area contributed by atoms with Crippen LogP contribution in [0.1, 0.15) is 34.8 Å². The first-order chi connectivity index (χ1) is 11.7. The molecule has 1 fully saturated rings. The van der Waals surface area contributed by atoms with Crippen LogP contribution in [0.2, 0.25) is 0 Å². The molecule has 1 aliphatic heterocycles. The number of rotatable bonds is 5. The summed E-state index contributed by atoms with van der Waals surface area (Å²) in [5, 5.41) is 2.70. The normalized spacial score (nSPS) is 16.1. The molecule has 0 bridgehead atoms. The molecule has 0 spiro atoms. The van der Waals surface area contributed by atoms with Gasteiger partial charge >= 0.3 is 0 Å². The van der Waals surface area contributed by atoms with Crippen molar-refractivity contribution >= 4 is 5.91 Å². The summed E-state index contributed by atoms with van der Waals surface area (Å²) in [5.41, 5.74) is 0.569. The molecule has 0 unspecified atom stereocenters. The summed E-state index contributed by atoms with van der Waals surface area (Å²) in [7, 11) is 0. The third-order valence-electron chi connectivity index (χ3n) is 4.41. The van der Waals surface area contributed by atoms with Crippen LogP contribution in [0.5, 0.6) is 0 Å². The molecule has 126 valence electrons. The van der Waals surface area contributed by atoms with Gasteiger partial charge in [-0.15, -0.1) is 0 Å². The minimum absolute atomic E-state index is 0.00693. The number of nitrogens with zero attached hydrogens (tertiary/aromatic N) is 1. The zero-order valence-corrected chi connectivity index (χ0v) is 13.3. The predicted molar refractivity (Wildman–Crippen MR) is 88.7 cm³/mol. The van der Waals surface area contributed by atoms with Gasteiger partial charge in [-0.05, 0) is 43.6 Å². The van der Waals surface area contributed by atoms with E-state index in [1.807, 2.05) is 30.3 Å². The quantitative estimate of drug-likeness (QED) is 0.909. The minimum atomic E-state index is -0.843. The van der Waals surface area contributed by atoms with Gasteiger partial charge in [0, 0.05) is 6.54 Å². The van der Waals surface area contributed by atoms with Crippen LogP contribution in [-0.4, -0.2) is 30.4 Å². The van der Waals surface area contributed by atoms with Gasteiger partial charge in [0.05, 0.1) is 6.04 Å². The van der Waals surface area contributed by atoms with E-state index in [0.29, 0.717) is 6.54 Å². The second-order valence-electron chi connectivity index (χ2n) is 5.98. The molecule has 1 N–H and O–H groups in total. The molecule has 1 aliphatic rings. The summed E-state index contributed by atoms with van der Waals surface area (Å²) in [6.45, 7) is 2.24. The van der Waals surface area contributed by atoms with Gasteiger partial charge in [0.2, 0.25) is 0 Å². The number of halogens is 2. The fourth-order valence-electron chi connectivity index (χ4n) is 3.18. The van der Waals surface area contributed by atoms with Crippen LogP contribution in [0.25, 0.3) is 0 Å². The highest BCUT2D eigenvalue weighted by molar-refractivity contribution is 5.94. The Bertz CT molecular complexity index is 680. The zero-order chi connectivity index (χ0) is 16.9. The number of carbonyl (C=O) groups excluding carboxylic acids is 1. The summed E-state index contributed by atoms with van der Waals surface area (Å²) in [6.07, 6.45) is 2.25. The van der Waals surface area contributed by atoms with Crippen molar-refractivity contribution in [3.8, 4) is 0 Å². The van der Waals surface area contributed by atoms with E-state index in [-0.39, 0.29) is 6.04 Å². The van der Waals surface area contributed by atoms with Crippen molar-refractivity contribution in [3.05, 3.63) is 71.3 Å². The molecule has 5 heteroatoms. The molecule has 2 aromatic carbocycles. The number of likely N-dealkylation sites (tertiary alicyclic amines) is 1. The van der Waals surface area contributed by atoms with Crippen molar-refractivity contribution in [2.24, 2.45) is 0 Å². The molecule has 0 radical (unpaired) electrons. The van der Waals surface area contributed by atoms with Gasteiger partial charge in [-0.1, -0.05) is 36.4 Å². The summed E-state index contributed by atoms with van der Waals surface area (Å²) in [6, 6.07) is 13.3. The Balaban J connectivity index is 1.75. The van der Waals surface area contributed by atoms with Gasteiger partial charge in [-0.25, -0.2) is 8.78 Å². The number of amides is 1. The number of benzene rings is 2. The standard InChI is InChI=1S/C19H20F2N2O/c20-15-9-6-10-16(21)18(15)19(24)22-13-17(23-11-4-5-12-23)14-7-2-1-3-8-14/h1-3,6-10,17H,4-5,11-13H2,(H,22,24)/t17-/m0/s1. The Morgan fingerprint density at radius 3 is 2.25 bits per heavy atom. The molecule has 1 atom stereocenters. The van der Waals surface area contributed by atoms with Gasteiger partial charge in [0.15, 0.2) is 0 Å². The van der Waals surface area contributed by atoms with Crippen LogP contribution in [-0.2, 0) is 0 Å². The lowest BCUT2D eigenvalue weighted by Gasteiger charge is -2.28. The molecule has 2 aromatic rings. The fraction of sp³-hybridized carbons (Fsp3) is 0.316. The molecule has 0 aromatic heterocycles. The number of carbonyl (C=O) groups is 1. The third-order valence-corrected chi connectivity index (χ3v) is 4.41. The molecule has 3 rings (SSSR count). The van der Waals surface area contributed by atoms with Crippen molar-refractivity contribution in [1.29, 1.82) is 0 Å². The summed E-state index contributed by atoms with van der Waals surface area (Å²) < 4.78 is 27.5. The van der Waals surface area contributed by atoms with Crippen molar-refractivity contribution in [1.82, 2.24) is 10.2 Å². The van der Waals surface area contributed by atoms with E-state index in [0.717, 1.165) is 43.6 Å². The van der Waals surface area contributed by atoms with Gasteiger partial charge in [-0.3, -0.25) is 9.69 Å². The second-order valence-corrected chi connectivity index (χ2v) is 5.98. The Morgan fingerprint density at radius 1 is 1.00 bits per heavy atom. The SMILES string of the molecule is O=C(NC[C@@H](c1ccccc1)N1CCCC1)c1c(F)cccc1F. The van der Waals surface area contributed by atoms with E-state index in [2.05, 4.69) is 10.2 Å². The molecule has 24 heavy (non-hydrogen) atoms. The Hall–Kier alpha value is -2.27. The van der Waals surface area contributed by atoms with Crippen LogP contribution in [0.3, 0.4) is 0 Å². The Labute approximate surface area is 140 Å². The minimum Gasteiger partial charge on any atom is -0.350 e. The van der Waals surface area contributed by atoms with Gasteiger partial charge in [-0.2, -0.15) is 0 Å². The lowest BCUT2D eigenvalue weighted by atomic mass is 10.1. The highest BCUT2D eigenvalue weighted by atomic mass is 19.1. The number of hydrogen-bond acceptors (Lipinski definition) is 2. The molecular weight excluding hydrogens is 310 g/mol. The van der Waals surface area contributed by atoms with E-state index in [1.54, 1.807) is 0 Å². The summed E-state index contributed by atoms with van der Waals surface area (Å²) in [5.74, 6) is -2.40. The van der Waals surface area contributed by atoms with Crippen molar-refractivity contribution in [2.45, 2.75) is 18.9 Å². The van der Waals surface area contributed by atoms with E-state index in [4.69, 9.17) is 0 Å². The van der Waals surface area contributed by atoms with E-state index in [9.17, 15) is 13.6 Å². The maximum atomic E-state index is 13.7. The van der Waals surface area contributed by atoms with Crippen LogP contribution in [0, 0.1) is 11.6 Å². The lowest BCUT2D eigenvalue weighted by molar-refractivity contribution is 0.0929. The van der Waals surface area contributed by atoms with Crippen LogP contribution >= 0.6 is 0 Å². The van der Waals surface area contributed by atoms with Crippen molar-refractivity contribution in [2.75, 3.05) is 19.6 Å². The summed E-state index contributed by atoms with van der Waals surface area (Å²) >= 11 is 0. The number of nitrogens with one attached hydrogen (secondary N) is 1. The molecule has 0 aliphatic carbocycles. The second kappa shape index (κ2) is 7.53. The molecule has 3 nitrogen and oxygen atoms in total. The maximum Gasteiger partial charge on any atom is 0.257 e. The van der Waals surface area contributed by atoms with Crippen LogP contribution < -0.4 is 5.32 Å².